The third kappa shape index (κ3) is 5.13. The van der Waals surface area contributed by atoms with Gasteiger partial charge in [-0.3, -0.25) is 0 Å². The molecule has 0 bridgehead atoms. The van der Waals surface area contributed by atoms with Gasteiger partial charge in [-0.2, -0.15) is 0 Å². The average molecular weight is 306 g/mol. The molecule has 1 aromatic rings. The second-order valence-electron chi connectivity index (χ2n) is 6.62. The Hall–Kier alpha value is -1.91. The van der Waals surface area contributed by atoms with Crippen molar-refractivity contribution in [3.63, 3.8) is 0 Å². The quantitative estimate of drug-likeness (QED) is 0.873. The highest BCUT2D eigenvalue weighted by Gasteiger charge is 2.31. The SMILES string of the molecule is CCOc1cccc(NC2CC(NC(=O)OC(C)(C)C)C2)c1. The van der Waals surface area contributed by atoms with Gasteiger partial charge in [0, 0.05) is 23.8 Å². The molecule has 1 aromatic carbocycles. The highest BCUT2D eigenvalue weighted by atomic mass is 16.6. The molecule has 22 heavy (non-hydrogen) atoms. The van der Waals surface area contributed by atoms with Gasteiger partial charge in [0.15, 0.2) is 0 Å². The molecule has 2 N–H and O–H groups in total. The van der Waals surface area contributed by atoms with Gasteiger partial charge in [0.2, 0.25) is 0 Å². The topological polar surface area (TPSA) is 59.6 Å². The summed E-state index contributed by atoms with van der Waals surface area (Å²) < 4.78 is 10.7. The first kappa shape index (κ1) is 16.5. The molecule has 0 aromatic heterocycles. The number of nitrogens with one attached hydrogen (secondary N) is 2. The first-order valence-corrected chi connectivity index (χ1v) is 7.84. The van der Waals surface area contributed by atoms with E-state index in [1.54, 1.807) is 0 Å². The Kier molecular flexibility index (Phi) is 5.16. The first-order chi connectivity index (χ1) is 10.4. The molecule has 2 rings (SSSR count). The van der Waals surface area contributed by atoms with E-state index in [-0.39, 0.29) is 12.1 Å². The zero-order chi connectivity index (χ0) is 16.2. The fraction of sp³-hybridized carbons (Fsp3) is 0.588. The lowest BCUT2D eigenvalue weighted by atomic mass is 9.86. The molecule has 1 saturated carbocycles. The van der Waals surface area contributed by atoms with E-state index in [1.807, 2.05) is 52.0 Å². The number of carbonyl (C=O) groups excluding carboxylic acids is 1. The molecule has 0 heterocycles. The average Bonchev–Trinajstić information content (AvgIpc) is 2.35. The summed E-state index contributed by atoms with van der Waals surface area (Å²) in [6.45, 7) is 8.23. The summed E-state index contributed by atoms with van der Waals surface area (Å²) in [5.74, 6) is 0.871. The maximum Gasteiger partial charge on any atom is 0.407 e. The molecule has 0 aliphatic heterocycles. The number of hydrogen-bond acceptors (Lipinski definition) is 4. The minimum atomic E-state index is -0.453. The van der Waals surface area contributed by atoms with Crippen LogP contribution >= 0.6 is 0 Å². The van der Waals surface area contributed by atoms with Crippen LogP contribution < -0.4 is 15.4 Å². The first-order valence-electron chi connectivity index (χ1n) is 7.84. The maximum absolute atomic E-state index is 11.7. The van der Waals surface area contributed by atoms with Gasteiger partial charge < -0.3 is 20.1 Å². The van der Waals surface area contributed by atoms with Crippen LogP contribution in [-0.2, 0) is 4.74 Å². The predicted octanol–water partition coefficient (Wildman–Crippen LogP) is 3.55. The van der Waals surface area contributed by atoms with E-state index >= 15 is 0 Å². The van der Waals surface area contributed by atoms with Crippen molar-refractivity contribution in [2.75, 3.05) is 11.9 Å². The van der Waals surface area contributed by atoms with Gasteiger partial charge in [0.25, 0.3) is 0 Å². The summed E-state index contributed by atoms with van der Waals surface area (Å²) in [6, 6.07) is 8.50. The van der Waals surface area contributed by atoms with E-state index in [9.17, 15) is 4.79 Å². The third-order valence-electron chi connectivity index (χ3n) is 3.37. The molecule has 0 spiro atoms. The Balaban J connectivity index is 1.73. The Bertz CT molecular complexity index is 505. The fourth-order valence-electron chi connectivity index (χ4n) is 2.41. The molecule has 0 atom stereocenters. The smallest absolute Gasteiger partial charge is 0.407 e. The van der Waals surface area contributed by atoms with Crippen LogP contribution in [0.5, 0.6) is 5.75 Å². The van der Waals surface area contributed by atoms with E-state index in [4.69, 9.17) is 9.47 Å². The van der Waals surface area contributed by atoms with Crippen molar-refractivity contribution in [2.24, 2.45) is 0 Å². The second-order valence-corrected chi connectivity index (χ2v) is 6.62. The van der Waals surface area contributed by atoms with Crippen molar-refractivity contribution in [3.05, 3.63) is 24.3 Å². The van der Waals surface area contributed by atoms with E-state index in [0.717, 1.165) is 24.3 Å². The molecule has 1 fully saturated rings. The molecule has 122 valence electrons. The number of hydrogen-bond donors (Lipinski definition) is 2. The molecule has 0 unspecified atom stereocenters. The van der Waals surface area contributed by atoms with Gasteiger partial charge in [0.1, 0.15) is 11.4 Å². The second kappa shape index (κ2) is 6.90. The number of benzene rings is 1. The summed E-state index contributed by atoms with van der Waals surface area (Å²) in [4.78, 5) is 11.7. The molecule has 1 aliphatic carbocycles. The van der Waals surface area contributed by atoms with E-state index in [2.05, 4.69) is 10.6 Å². The largest absolute Gasteiger partial charge is 0.494 e. The summed E-state index contributed by atoms with van der Waals surface area (Å²) in [6.07, 6.45) is 1.46. The van der Waals surface area contributed by atoms with Crippen LogP contribution in [0.25, 0.3) is 0 Å². The normalized spacial score (nSPS) is 20.7. The Morgan fingerprint density at radius 1 is 1.27 bits per heavy atom. The standard InChI is InChI=1S/C17H26N2O3/c1-5-21-15-8-6-7-12(11-15)18-13-9-14(10-13)19-16(20)22-17(2,3)4/h6-8,11,13-14,18H,5,9-10H2,1-4H3,(H,19,20). The van der Waals surface area contributed by atoms with Gasteiger partial charge >= 0.3 is 6.09 Å². The van der Waals surface area contributed by atoms with E-state index in [1.165, 1.54) is 0 Å². The number of carbonyl (C=O) groups is 1. The molecular formula is C17H26N2O3. The fourth-order valence-corrected chi connectivity index (χ4v) is 2.41. The molecule has 1 amide bonds. The minimum absolute atomic E-state index is 0.183. The predicted molar refractivity (Wildman–Crippen MR) is 87.4 cm³/mol. The summed E-state index contributed by atoms with van der Waals surface area (Å²) >= 11 is 0. The lowest BCUT2D eigenvalue weighted by molar-refractivity contribution is 0.0475. The summed E-state index contributed by atoms with van der Waals surface area (Å²) in [5, 5.41) is 6.35. The minimum Gasteiger partial charge on any atom is -0.494 e. The number of alkyl carbamates (subject to hydrolysis) is 1. The van der Waals surface area contributed by atoms with Crippen molar-refractivity contribution in [3.8, 4) is 5.75 Å². The molecule has 1 aliphatic rings. The van der Waals surface area contributed by atoms with Crippen LogP contribution in [0.4, 0.5) is 10.5 Å². The molecule has 5 nitrogen and oxygen atoms in total. The van der Waals surface area contributed by atoms with Gasteiger partial charge in [-0.15, -0.1) is 0 Å². The number of rotatable bonds is 5. The maximum atomic E-state index is 11.7. The number of anilines is 1. The zero-order valence-electron chi connectivity index (χ0n) is 13.8. The Labute approximate surface area is 132 Å². The number of amides is 1. The monoisotopic (exact) mass is 306 g/mol. The summed E-state index contributed by atoms with van der Waals surface area (Å²) in [5.41, 5.74) is 0.595. The van der Waals surface area contributed by atoms with Gasteiger partial charge in [-0.25, -0.2) is 4.79 Å². The Morgan fingerprint density at radius 3 is 2.64 bits per heavy atom. The third-order valence-corrected chi connectivity index (χ3v) is 3.37. The summed E-state index contributed by atoms with van der Waals surface area (Å²) in [7, 11) is 0. The van der Waals surface area contributed by atoms with E-state index < -0.39 is 5.60 Å². The Morgan fingerprint density at radius 2 is 2.00 bits per heavy atom. The van der Waals surface area contributed by atoms with E-state index in [0.29, 0.717) is 12.6 Å². The van der Waals surface area contributed by atoms with Crippen molar-refractivity contribution >= 4 is 11.8 Å². The van der Waals surface area contributed by atoms with Crippen LogP contribution in [0.15, 0.2) is 24.3 Å². The molecule has 5 heteroatoms. The lowest BCUT2D eigenvalue weighted by Crippen LogP contribution is -2.50. The van der Waals surface area contributed by atoms with Crippen LogP contribution in [0, 0.1) is 0 Å². The van der Waals surface area contributed by atoms with Crippen molar-refractivity contribution in [1.29, 1.82) is 0 Å². The van der Waals surface area contributed by atoms with Gasteiger partial charge in [-0.05, 0) is 52.7 Å². The highest BCUT2D eigenvalue weighted by Crippen LogP contribution is 2.26. The zero-order valence-corrected chi connectivity index (χ0v) is 13.8. The molecule has 0 radical (unpaired) electrons. The van der Waals surface area contributed by atoms with Crippen LogP contribution in [0.2, 0.25) is 0 Å². The van der Waals surface area contributed by atoms with Crippen molar-refractivity contribution in [1.82, 2.24) is 5.32 Å². The van der Waals surface area contributed by atoms with Crippen LogP contribution in [-0.4, -0.2) is 30.4 Å². The van der Waals surface area contributed by atoms with Crippen LogP contribution in [0.1, 0.15) is 40.5 Å². The lowest BCUT2D eigenvalue weighted by Gasteiger charge is -2.37. The van der Waals surface area contributed by atoms with Crippen molar-refractivity contribution in [2.45, 2.75) is 58.2 Å². The highest BCUT2D eigenvalue weighted by molar-refractivity contribution is 5.68. The van der Waals surface area contributed by atoms with Gasteiger partial charge in [0.05, 0.1) is 6.61 Å². The molecule has 0 saturated heterocycles. The van der Waals surface area contributed by atoms with Crippen molar-refractivity contribution < 1.29 is 14.3 Å². The molecular weight excluding hydrogens is 280 g/mol. The van der Waals surface area contributed by atoms with Gasteiger partial charge in [-0.1, -0.05) is 6.07 Å². The number of ether oxygens (including phenoxy) is 2. The van der Waals surface area contributed by atoms with Crippen LogP contribution in [0.3, 0.4) is 0 Å².